The molecule has 0 bridgehead atoms. The summed E-state index contributed by atoms with van der Waals surface area (Å²) < 4.78 is 37.3. The van der Waals surface area contributed by atoms with Gasteiger partial charge >= 0.3 is 0 Å². The first-order chi connectivity index (χ1) is 16.5. The molecule has 2 aromatic heterocycles. The molecule has 176 valence electrons. The number of furan rings is 1. The van der Waals surface area contributed by atoms with Crippen LogP contribution in [0.15, 0.2) is 83.6 Å². The first-order valence-corrected chi connectivity index (χ1v) is 13.1. The molecule has 3 heterocycles. The molecule has 0 N–H and O–H groups in total. The fourth-order valence-electron chi connectivity index (χ4n) is 4.43. The minimum absolute atomic E-state index is 0.0705. The number of hydrogen-bond donors (Lipinski definition) is 0. The van der Waals surface area contributed by atoms with Gasteiger partial charge in [0.05, 0.1) is 42.8 Å². The number of benzene rings is 2. The van der Waals surface area contributed by atoms with E-state index in [1.807, 2.05) is 77.6 Å². The second kappa shape index (κ2) is 9.48. The van der Waals surface area contributed by atoms with E-state index in [1.165, 1.54) is 0 Å². The van der Waals surface area contributed by atoms with Gasteiger partial charge in [-0.1, -0.05) is 18.2 Å². The Labute approximate surface area is 199 Å². The second-order valence-corrected chi connectivity index (χ2v) is 10.8. The number of ether oxygens (including phenoxy) is 1. The van der Waals surface area contributed by atoms with Gasteiger partial charge in [-0.2, -0.15) is 5.10 Å². The van der Waals surface area contributed by atoms with E-state index >= 15 is 0 Å². The molecule has 1 aliphatic heterocycles. The third kappa shape index (κ3) is 4.93. The molecule has 0 unspecified atom stereocenters. The van der Waals surface area contributed by atoms with Crippen molar-refractivity contribution in [2.45, 2.75) is 25.6 Å². The Hall–Kier alpha value is -3.36. The monoisotopic (exact) mass is 477 g/mol. The Balaban J connectivity index is 1.53. The number of sulfone groups is 1. The van der Waals surface area contributed by atoms with Crippen LogP contribution < -0.4 is 4.74 Å². The van der Waals surface area contributed by atoms with E-state index in [0.717, 1.165) is 34.0 Å². The minimum Gasteiger partial charge on any atom is -0.497 e. The lowest BCUT2D eigenvalue weighted by atomic mass is 10.1. The van der Waals surface area contributed by atoms with E-state index in [0.29, 0.717) is 19.5 Å². The molecule has 0 radical (unpaired) electrons. The summed E-state index contributed by atoms with van der Waals surface area (Å²) >= 11 is 0. The molecule has 0 amide bonds. The summed E-state index contributed by atoms with van der Waals surface area (Å²) in [6, 6.07) is 21.5. The average Bonchev–Trinajstić information content (AvgIpc) is 3.60. The van der Waals surface area contributed by atoms with Crippen LogP contribution in [0.5, 0.6) is 5.75 Å². The normalized spacial score (nSPS) is 17.3. The van der Waals surface area contributed by atoms with Crippen molar-refractivity contribution in [3.63, 3.8) is 0 Å². The Morgan fingerprint density at radius 3 is 2.50 bits per heavy atom. The van der Waals surface area contributed by atoms with Crippen LogP contribution in [-0.4, -0.2) is 47.8 Å². The van der Waals surface area contributed by atoms with E-state index < -0.39 is 9.84 Å². The smallest absolute Gasteiger partial charge is 0.151 e. The summed E-state index contributed by atoms with van der Waals surface area (Å²) in [5.74, 6) is 1.98. The fraction of sp³-hybridized carbons (Fsp3) is 0.269. The number of nitrogens with zero attached hydrogens (tertiary/aromatic N) is 3. The highest BCUT2D eigenvalue weighted by atomic mass is 32.2. The molecule has 0 aliphatic carbocycles. The molecule has 34 heavy (non-hydrogen) atoms. The van der Waals surface area contributed by atoms with Crippen molar-refractivity contribution in [1.82, 2.24) is 14.7 Å². The van der Waals surface area contributed by atoms with Crippen LogP contribution >= 0.6 is 0 Å². The van der Waals surface area contributed by atoms with Gasteiger partial charge in [0.2, 0.25) is 0 Å². The predicted octanol–water partition coefficient (Wildman–Crippen LogP) is 4.33. The topological polar surface area (TPSA) is 77.6 Å². The van der Waals surface area contributed by atoms with Gasteiger partial charge in [0.1, 0.15) is 11.5 Å². The Morgan fingerprint density at radius 2 is 1.85 bits per heavy atom. The summed E-state index contributed by atoms with van der Waals surface area (Å²) in [4.78, 5) is 2.20. The van der Waals surface area contributed by atoms with Gasteiger partial charge in [-0.05, 0) is 55.0 Å². The summed E-state index contributed by atoms with van der Waals surface area (Å²) in [6.45, 7) is 1.08. The molecule has 2 aromatic carbocycles. The maximum absolute atomic E-state index is 12.3. The van der Waals surface area contributed by atoms with Crippen LogP contribution in [0.2, 0.25) is 0 Å². The van der Waals surface area contributed by atoms with E-state index in [9.17, 15) is 8.42 Å². The Bertz CT molecular complexity index is 1330. The number of aromatic nitrogens is 2. The molecule has 4 aromatic rings. The summed E-state index contributed by atoms with van der Waals surface area (Å²) in [7, 11) is -1.38. The largest absolute Gasteiger partial charge is 0.497 e. The Morgan fingerprint density at radius 1 is 1.06 bits per heavy atom. The molecule has 5 rings (SSSR count). The molecular formula is C26H27N3O4S. The maximum Gasteiger partial charge on any atom is 0.151 e. The number of methoxy groups -OCH3 is 1. The van der Waals surface area contributed by atoms with Crippen molar-refractivity contribution in [2.75, 3.05) is 18.6 Å². The highest BCUT2D eigenvalue weighted by Crippen LogP contribution is 2.29. The molecule has 0 spiro atoms. The molecule has 0 saturated carbocycles. The molecular weight excluding hydrogens is 450 g/mol. The van der Waals surface area contributed by atoms with Crippen molar-refractivity contribution in [3.05, 3.63) is 90.5 Å². The highest BCUT2D eigenvalue weighted by molar-refractivity contribution is 7.91. The van der Waals surface area contributed by atoms with Crippen molar-refractivity contribution >= 4 is 9.84 Å². The molecule has 1 aliphatic rings. The fourth-order valence-corrected chi connectivity index (χ4v) is 6.19. The molecule has 8 heteroatoms. The summed E-state index contributed by atoms with van der Waals surface area (Å²) in [5.41, 5.74) is 3.81. The lowest BCUT2D eigenvalue weighted by Gasteiger charge is -2.27. The second-order valence-electron chi connectivity index (χ2n) is 8.55. The van der Waals surface area contributed by atoms with Crippen LogP contribution in [0.3, 0.4) is 0 Å². The minimum atomic E-state index is -3.03. The number of para-hydroxylation sites is 1. The number of rotatable bonds is 8. The highest BCUT2D eigenvalue weighted by Gasteiger charge is 2.33. The first-order valence-electron chi connectivity index (χ1n) is 11.3. The third-order valence-corrected chi connectivity index (χ3v) is 7.96. The molecule has 1 atom stereocenters. The zero-order valence-electron chi connectivity index (χ0n) is 19.0. The Kier molecular flexibility index (Phi) is 6.26. The molecule has 1 saturated heterocycles. The van der Waals surface area contributed by atoms with Crippen molar-refractivity contribution < 1.29 is 17.6 Å². The van der Waals surface area contributed by atoms with Gasteiger partial charge in [-0.3, -0.25) is 4.90 Å². The lowest BCUT2D eigenvalue weighted by molar-refractivity contribution is 0.179. The van der Waals surface area contributed by atoms with Gasteiger partial charge in [0.25, 0.3) is 0 Å². The van der Waals surface area contributed by atoms with Gasteiger partial charge in [0.15, 0.2) is 9.84 Å². The van der Waals surface area contributed by atoms with Gasteiger partial charge in [-0.15, -0.1) is 0 Å². The van der Waals surface area contributed by atoms with Gasteiger partial charge < -0.3 is 9.15 Å². The first kappa shape index (κ1) is 22.4. The standard InChI is InChI=1S/C26H27N3O4S/c1-32-24-11-9-20(10-12-24)26-21(17-29(27-26)22-6-3-2-4-7-22)16-28(18-25-8-5-14-33-25)23-13-15-34(30,31)19-23/h2-12,14,17,23H,13,15-16,18-19H2,1H3/t23-/m1/s1. The third-order valence-electron chi connectivity index (χ3n) is 6.21. The molecule has 1 fully saturated rings. The van der Waals surface area contributed by atoms with Crippen LogP contribution in [0.1, 0.15) is 17.7 Å². The van der Waals surface area contributed by atoms with Crippen molar-refractivity contribution in [1.29, 1.82) is 0 Å². The van der Waals surface area contributed by atoms with Crippen LogP contribution in [-0.2, 0) is 22.9 Å². The SMILES string of the molecule is COc1ccc(-c2nn(-c3ccccc3)cc2CN(Cc2ccco2)[C@@H]2CCS(=O)(=O)C2)cc1. The summed E-state index contributed by atoms with van der Waals surface area (Å²) in [6.07, 6.45) is 4.30. The quantitative estimate of drug-likeness (QED) is 0.376. The van der Waals surface area contributed by atoms with Gasteiger partial charge in [0, 0.05) is 29.9 Å². The van der Waals surface area contributed by atoms with E-state index in [2.05, 4.69) is 4.90 Å². The van der Waals surface area contributed by atoms with Crippen LogP contribution in [0, 0.1) is 0 Å². The van der Waals surface area contributed by atoms with Crippen LogP contribution in [0.25, 0.3) is 16.9 Å². The van der Waals surface area contributed by atoms with E-state index in [-0.39, 0.29) is 17.5 Å². The molecule has 7 nitrogen and oxygen atoms in total. The summed E-state index contributed by atoms with van der Waals surface area (Å²) in [5, 5.41) is 4.92. The van der Waals surface area contributed by atoms with E-state index in [4.69, 9.17) is 14.3 Å². The maximum atomic E-state index is 12.3. The average molecular weight is 478 g/mol. The van der Waals surface area contributed by atoms with Crippen molar-refractivity contribution in [2.24, 2.45) is 0 Å². The van der Waals surface area contributed by atoms with Gasteiger partial charge in [-0.25, -0.2) is 13.1 Å². The lowest BCUT2D eigenvalue weighted by Crippen LogP contribution is -2.35. The number of hydrogen-bond acceptors (Lipinski definition) is 6. The van der Waals surface area contributed by atoms with E-state index in [1.54, 1.807) is 13.4 Å². The van der Waals surface area contributed by atoms with Crippen LogP contribution in [0.4, 0.5) is 0 Å². The zero-order chi connectivity index (χ0) is 23.5. The van der Waals surface area contributed by atoms with Crippen molar-refractivity contribution in [3.8, 4) is 22.7 Å². The predicted molar refractivity (Wildman–Crippen MR) is 131 cm³/mol. The zero-order valence-corrected chi connectivity index (χ0v) is 19.8.